The molecule has 33 heavy (non-hydrogen) atoms. The minimum Gasteiger partial charge on any atom is -0.459 e. The molecule has 0 bridgehead atoms. The summed E-state index contributed by atoms with van der Waals surface area (Å²) >= 11 is 0. The van der Waals surface area contributed by atoms with Gasteiger partial charge in [0, 0.05) is 24.6 Å². The molecular weight excluding hydrogens is 414 g/mol. The molecule has 166 valence electrons. The van der Waals surface area contributed by atoms with Gasteiger partial charge in [0.2, 0.25) is 5.91 Å². The standard InChI is InChI=1S/C27H25N3O3/c1-20-6-8-22(9-7-20)19-30(27(32)25-5-3-15-33-25)24-12-10-21(11-13-24)16-26(31)29-18-23-4-2-14-28-17-23/h2-15,17H,16,18-19H2,1H3,(H,29,31). The molecule has 0 aliphatic carbocycles. The molecule has 6 nitrogen and oxygen atoms in total. The Bertz CT molecular complexity index is 1190. The van der Waals surface area contributed by atoms with Crippen molar-refractivity contribution >= 4 is 17.5 Å². The van der Waals surface area contributed by atoms with Crippen LogP contribution in [0.25, 0.3) is 0 Å². The van der Waals surface area contributed by atoms with Gasteiger partial charge in [-0.3, -0.25) is 14.6 Å². The Kier molecular flexibility index (Phi) is 6.95. The smallest absolute Gasteiger partial charge is 0.294 e. The molecule has 0 fully saturated rings. The molecule has 0 radical (unpaired) electrons. The fraction of sp³-hybridized carbons (Fsp3) is 0.148. The Hall–Kier alpha value is -4.19. The highest BCUT2D eigenvalue weighted by Crippen LogP contribution is 2.22. The molecule has 0 saturated carbocycles. The van der Waals surface area contributed by atoms with E-state index in [1.807, 2.05) is 67.6 Å². The Morgan fingerprint density at radius 2 is 1.67 bits per heavy atom. The van der Waals surface area contributed by atoms with Gasteiger partial charge in [0.25, 0.3) is 5.91 Å². The van der Waals surface area contributed by atoms with Crippen molar-refractivity contribution in [3.8, 4) is 0 Å². The van der Waals surface area contributed by atoms with Crippen molar-refractivity contribution in [1.82, 2.24) is 10.3 Å². The maximum Gasteiger partial charge on any atom is 0.294 e. The summed E-state index contributed by atoms with van der Waals surface area (Å²) in [7, 11) is 0. The van der Waals surface area contributed by atoms with E-state index in [1.54, 1.807) is 29.4 Å². The maximum absolute atomic E-state index is 13.1. The van der Waals surface area contributed by atoms with Gasteiger partial charge in [-0.2, -0.15) is 0 Å². The number of nitrogens with one attached hydrogen (secondary N) is 1. The topological polar surface area (TPSA) is 75.4 Å². The van der Waals surface area contributed by atoms with Crippen molar-refractivity contribution in [3.05, 3.63) is 119 Å². The number of aryl methyl sites for hydroxylation is 1. The molecule has 0 unspecified atom stereocenters. The van der Waals surface area contributed by atoms with Crippen LogP contribution >= 0.6 is 0 Å². The maximum atomic E-state index is 13.1. The van der Waals surface area contributed by atoms with Crippen molar-refractivity contribution in [1.29, 1.82) is 0 Å². The van der Waals surface area contributed by atoms with Gasteiger partial charge in [-0.25, -0.2) is 0 Å². The lowest BCUT2D eigenvalue weighted by molar-refractivity contribution is -0.120. The largest absolute Gasteiger partial charge is 0.459 e. The predicted molar refractivity (Wildman–Crippen MR) is 127 cm³/mol. The third-order valence-electron chi connectivity index (χ3n) is 5.26. The van der Waals surface area contributed by atoms with Crippen LogP contribution in [0.15, 0.2) is 95.9 Å². The molecule has 0 spiro atoms. The second-order valence-corrected chi connectivity index (χ2v) is 7.84. The lowest BCUT2D eigenvalue weighted by Crippen LogP contribution is -2.30. The van der Waals surface area contributed by atoms with Gasteiger partial charge >= 0.3 is 0 Å². The molecule has 0 aliphatic rings. The minimum atomic E-state index is -0.220. The van der Waals surface area contributed by atoms with E-state index in [-0.39, 0.29) is 24.0 Å². The van der Waals surface area contributed by atoms with E-state index >= 15 is 0 Å². The van der Waals surface area contributed by atoms with Crippen LogP contribution in [0.4, 0.5) is 5.69 Å². The summed E-state index contributed by atoms with van der Waals surface area (Å²) < 4.78 is 5.35. The van der Waals surface area contributed by atoms with E-state index in [9.17, 15) is 9.59 Å². The van der Waals surface area contributed by atoms with Crippen molar-refractivity contribution in [2.45, 2.75) is 26.4 Å². The van der Waals surface area contributed by atoms with Gasteiger partial charge in [0.1, 0.15) is 0 Å². The van der Waals surface area contributed by atoms with Gasteiger partial charge in [-0.1, -0.05) is 48.0 Å². The number of amides is 2. The minimum absolute atomic E-state index is 0.0743. The van der Waals surface area contributed by atoms with Crippen LogP contribution in [0.2, 0.25) is 0 Å². The normalized spacial score (nSPS) is 10.6. The summed E-state index contributed by atoms with van der Waals surface area (Å²) in [5.74, 6) is -0.0155. The van der Waals surface area contributed by atoms with Crippen LogP contribution in [0, 0.1) is 6.92 Å². The highest BCUT2D eigenvalue weighted by molar-refractivity contribution is 6.04. The van der Waals surface area contributed by atoms with Gasteiger partial charge in [-0.15, -0.1) is 0 Å². The van der Waals surface area contributed by atoms with Crippen LogP contribution in [0.3, 0.4) is 0 Å². The first kappa shape index (κ1) is 22.0. The molecule has 0 aliphatic heterocycles. The predicted octanol–water partition coefficient (Wildman–Crippen LogP) is 4.69. The second-order valence-electron chi connectivity index (χ2n) is 7.84. The summed E-state index contributed by atoms with van der Waals surface area (Å²) in [5, 5.41) is 2.90. The van der Waals surface area contributed by atoms with E-state index in [1.165, 1.54) is 6.26 Å². The van der Waals surface area contributed by atoms with E-state index in [4.69, 9.17) is 4.42 Å². The van der Waals surface area contributed by atoms with E-state index in [2.05, 4.69) is 10.3 Å². The van der Waals surface area contributed by atoms with Gasteiger partial charge in [0.15, 0.2) is 5.76 Å². The Labute approximate surface area is 192 Å². The number of hydrogen-bond donors (Lipinski definition) is 1. The molecule has 2 aromatic heterocycles. The number of carbonyl (C=O) groups is 2. The first-order valence-electron chi connectivity index (χ1n) is 10.7. The van der Waals surface area contributed by atoms with Crippen molar-refractivity contribution < 1.29 is 14.0 Å². The van der Waals surface area contributed by atoms with Crippen LogP contribution < -0.4 is 10.2 Å². The molecule has 0 saturated heterocycles. The number of anilines is 1. The molecule has 4 rings (SSSR count). The van der Waals surface area contributed by atoms with Crippen LogP contribution in [0.1, 0.15) is 32.8 Å². The van der Waals surface area contributed by atoms with E-state index in [0.717, 1.165) is 27.9 Å². The zero-order valence-electron chi connectivity index (χ0n) is 18.4. The number of nitrogens with zero attached hydrogens (tertiary/aromatic N) is 2. The van der Waals surface area contributed by atoms with Gasteiger partial charge in [0.05, 0.1) is 19.2 Å². The third kappa shape index (κ3) is 5.95. The summed E-state index contributed by atoms with van der Waals surface area (Å²) in [6.45, 7) is 2.87. The number of benzene rings is 2. The van der Waals surface area contributed by atoms with Gasteiger partial charge in [-0.05, 0) is 53.9 Å². The Balaban J connectivity index is 1.46. The lowest BCUT2D eigenvalue weighted by atomic mass is 10.1. The quantitative estimate of drug-likeness (QED) is 0.432. The average Bonchev–Trinajstić information content (AvgIpc) is 3.38. The monoisotopic (exact) mass is 439 g/mol. The van der Waals surface area contributed by atoms with Crippen molar-refractivity contribution in [3.63, 3.8) is 0 Å². The van der Waals surface area contributed by atoms with Crippen molar-refractivity contribution in [2.75, 3.05) is 4.90 Å². The van der Waals surface area contributed by atoms with Gasteiger partial charge < -0.3 is 14.6 Å². The number of pyridine rings is 1. The van der Waals surface area contributed by atoms with E-state index < -0.39 is 0 Å². The fourth-order valence-corrected chi connectivity index (χ4v) is 3.43. The van der Waals surface area contributed by atoms with Crippen LogP contribution in [0.5, 0.6) is 0 Å². The van der Waals surface area contributed by atoms with Crippen molar-refractivity contribution in [2.24, 2.45) is 0 Å². The number of furan rings is 1. The summed E-state index contributed by atoms with van der Waals surface area (Å²) in [6, 6.07) is 22.7. The highest BCUT2D eigenvalue weighted by Gasteiger charge is 2.20. The summed E-state index contributed by atoms with van der Waals surface area (Å²) in [5.41, 5.74) is 4.72. The fourth-order valence-electron chi connectivity index (χ4n) is 3.43. The molecule has 2 heterocycles. The van der Waals surface area contributed by atoms with Crippen LogP contribution in [-0.2, 0) is 24.3 Å². The molecule has 4 aromatic rings. The first-order chi connectivity index (χ1) is 16.1. The Morgan fingerprint density at radius 3 is 2.33 bits per heavy atom. The molecule has 2 amide bonds. The average molecular weight is 440 g/mol. The second kappa shape index (κ2) is 10.4. The first-order valence-corrected chi connectivity index (χ1v) is 10.7. The number of carbonyl (C=O) groups excluding carboxylic acids is 2. The number of rotatable bonds is 8. The Morgan fingerprint density at radius 1 is 0.909 bits per heavy atom. The van der Waals surface area contributed by atoms with E-state index in [0.29, 0.717) is 13.1 Å². The molecule has 2 aromatic carbocycles. The summed E-state index contributed by atoms with van der Waals surface area (Å²) in [4.78, 5) is 31.2. The van der Waals surface area contributed by atoms with Crippen LogP contribution in [-0.4, -0.2) is 16.8 Å². The summed E-state index contributed by atoms with van der Waals surface area (Å²) in [6.07, 6.45) is 5.18. The molecule has 1 N–H and O–H groups in total. The molecule has 6 heteroatoms. The third-order valence-corrected chi connectivity index (χ3v) is 5.26. The lowest BCUT2D eigenvalue weighted by Gasteiger charge is -2.22. The number of aromatic nitrogens is 1. The zero-order chi connectivity index (χ0) is 23.0. The number of hydrogen-bond acceptors (Lipinski definition) is 4. The molecule has 0 atom stereocenters. The highest BCUT2D eigenvalue weighted by atomic mass is 16.3. The zero-order valence-corrected chi connectivity index (χ0v) is 18.4. The molecular formula is C27H25N3O3. The SMILES string of the molecule is Cc1ccc(CN(C(=O)c2ccco2)c2ccc(CC(=O)NCc3cccnc3)cc2)cc1.